The van der Waals surface area contributed by atoms with Crippen molar-refractivity contribution in [3.05, 3.63) is 35.4 Å². The van der Waals surface area contributed by atoms with Gasteiger partial charge in [0.15, 0.2) is 5.78 Å². The lowest BCUT2D eigenvalue weighted by atomic mass is 9.90. The number of ketones is 1. The zero-order valence-corrected chi connectivity index (χ0v) is 10.7. The van der Waals surface area contributed by atoms with E-state index >= 15 is 0 Å². The van der Waals surface area contributed by atoms with E-state index in [1.807, 2.05) is 0 Å². The molecule has 0 bridgehead atoms. The first-order valence-electron chi connectivity index (χ1n) is 6.34. The Morgan fingerprint density at radius 1 is 1.15 bits per heavy atom. The van der Waals surface area contributed by atoms with Gasteiger partial charge in [-0.25, -0.2) is 0 Å². The number of hydrogen-bond acceptors (Lipinski definition) is 2. The first kappa shape index (κ1) is 14.6. The lowest BCUT2D eigenvalue weighted by Gasteiger charge is -2.21. The van der Waals surface area contributed by atoms with Gasteiger partial charge in [-0.2, -0.15) is 13.2 Å². The van der Waals surface area contributed by atoms with E-state index in [0.717, 1.165) is 0 Å². The summed E-state index contributed by atoms with van der Waals surface area (Å²) in [6.45, 7) is 0.0922. The van der Waals surface area contributed by atoms with Crippen molar-refractivity contribution in [3.8, 4) is 0 Å². The fourth-order valence-electron chi connectivity index (χ4n) is 2.27. The van der Waals surface area contributed by atoms with Crippen LogP contribution in [-0.2, 0) is 0 Å². The van der Waals surface area contributed by atoms with Crippen molar-refractivity contribution in [2.45, 2.75) is 25.4 Å². The number of rotatable bonds is 2. The Balaban J connectivity index is 2.14. The molecule has 0 saturated heterocycles. The second-order valence-electron chi connectivity index (χ2n) is 4.90. The van der Waals surface area contributed by atoms with Crippen molar-refractivity contribution < 1.29 is 22.8 Å². The molecule has 2 rings (SSSR count). The highest BCUT2D eigenvalue weighted by Gasteiger charge is 2.30. The first-order chi connectivity index (χ1) is 9.37. The third kappa shape index (κ3) is 3.59. The SMILES string of the molecule is O=C1C[C@H](CCC(F)(F)F)CNC(=O)c2ccccc21. The Labute approximate surface area is 114 Å². The Hall–Kier alpha value is -1.85. The third-order valence-corrected chi connectivity index (χ3v) is 3.33. The molecule has 1 N–H and O–H groups in total. The standard InChI is InChI=1S/C14H14F3NO2/c15-14(16,17)6-5-9-7-12(19)10-3-1-2-4-11(10)13(20)18-8-9/h1-4,9H,5-8H2,(H,18,20)/t9-/m0/s1. The van der Waals surface area contributed by atoms with Gasteiger partial charge in [-0.3, -0.25) is 9.59 Å². The predicted molar refractivity (Wildman–Crippen MR) is 66.5 cm³/mol. The zero-order chi connectivity index (χ0) is 14.8. The van der Waals surface area contributed by atoms with Gasteiger partial charge in [0, 0.05) is 24.9 Å². The summed E-state index contributed by atoms with van der Waals surface area (Å²) in [5, 5.41) is 2.59. The van der Waals surface area contributed by atoms with Gasteiger partial charge in [-0.15, -0.1) is 0 Å². The number of hydrogen-bond donors (Lipinski definition) is 1. The van der Waals surface area contributed by atoms with Gasteiger partial charge in [0.25, 0.3) is 5.91 Å². The summed E-state index contributed by atoms with van der Waals surface area (Å²) in [6, 6.07) is 6.35. The number of nitrogens with one attached hydrogen (secondary N) is 1. The Kier molecular flexibility index (Phi) is 4.11. The van der Waals surface area contributed by atoms with Gasteiger partial charge < -0.3 is 5.32 Å². The number of Topliss-reactive ketones (excluding diaryl/α,β-unsaturated/α-hetero) is 1. The van der Waals surface area contributed by atoms with Crippen LogP contribution in [0.15, 0.2) is 24.3 Å². The molecule has 1 atom stereocenters. The van der Waals surface area contributed by atoms with Crippen molar-refractivity contribution in [3.63, 3.8) is 0 Å². The number of amides is 1. The van der Waals surface area contributed by atoms with E-state index in [9.17, 15) is 22.8 Å². The molecule has 0 fully saturated rings. The van der Waals surface area contributed by atoms with Crippen molar-refractivity contribution in [2.75, 3.05) is 6.54 Å². The summed E-state index contributed by atoms with van der Waals surface area (Å²) in [5.41, 5.74) is 0.563. The van der Waals surface area contributed by atoms with E-state index in [1.165, 1.54) is 6.07 Å². The molecule has 0 radical (unpaired) electrons. The Morgan fingerprint density at radius 3 is 2.45 bits per heavy atom. The van der Waals surface area contributed by atoms with Crippen LogP contribution in [0, 0.1) is 5.92 Å². The molecule has 1 aromatic rings. The van der Waals surface area contributed by atoms with Crippen molar-refractivity contribution in [2.24, 2.45) is 5.92 Å². The summed E-state index contributed by atoms with van der Waals surface area (Å²) < 4.78 is 36.7. The molecule has 1 amide bonds. The number of alkyl halides is 3. The number of benzene rings is 1. The first-order valence-corrected chi connectivity index (χ1v) is 6.34. The second kappa shape index (κ2) is 5.64. The molecule has 20 heavy (non-hydrogen) atoms. The van der Waals surface area contributed by atoms with E-state index in [0.29, 0.717) is 0 Å². The van der Waals surface area contributed by atoms with Gasteiger partial charge in [0.1, 0.15) is 0 Å². The maximum absolute atomic E-state index is 12.2. The molecule has 0 saturated carbocycles. The molecule has 108 valence electrons. The molecule has 6 heteroatoms. The minimum atomic E-state index is -4.24. The van der Waals surface area contributed by atoms with Gasteiger partial charge >= 0.3 is 6.18 Å². The fraction of sp³-hybridized carbons (Fsp3) is 0.429. The van der Waals surface area contributed by atoms with Gasteiger partial charge in [0.2, 0.25) is 0 Å². The minimum absolute atomic E-state index is 0.0212. The van der Waals surface area contributed by atoms with E-state index < -0.39 is 24.4 Å². The van der Waals surface area contributed by atoms with E-state index in [2.05, 4.69) is 5.32 Å². The van der Waals surface area contributed by atoms with Crippen LogP contribution in [0.5, 0.6) is 0 Å². The molecule has 0 aliphatic carbocycles. The molecule has 1 aromatic carbocycles. The lowest BCUT2D eigenvalue weighted by molar-refractivity contribution is -0.137. The van der Waals surface area contributed by atoms with Crippen LogP contribution in [0.1, 0.15) is 40.0 Å². The summed E-state index contributed by atoms with van der Waals surface area (Å²) in [6.07, 6.45) is -5.32. The van der Waals surface area contributed by atoms with E-state index in [-0.39, 0.29) is 36.3 Å². The van der Waals surface area contributed by atoms with Crippen molar-refractivity contribution >= 4 is 11.7 Å². The molecule has 1 heterocycles. The van der Waals surface area contributed by atoms with Gasteiger partial charge in [-0.1, -0.05) is 18.2 Å². The summed E-state index contributed by atoms with van der Waals surface area (Å²) in [4.78, 5) is 23.9. The predicted octanol–water partition coefficient (Wildman–Crippen LogP) is 2.96. The number of fused-ring (bicyclic) bond motifs is 1. The average Bonchev–Trinajstić information content (AvgIpc) is 2.39. The molecule has 0 spiro atoms. The van der Waals surface area contributed by atoms with Crippen LogP contribution in [-0.4, -0.2) is 24.4 Å². The molecule has 3 nitrogen and oxygen atoms in total. The van der Waals surface area contributed by atoms with Crippen molar-refractivity contribution in [1.82, 2.24) is 5.32 Å². The number of carbonyl (C=O) groups excluding carboxylic acids is 2. The second-order valence-corrected chi connectivity index (χ2v) is 4.90. The van der Waals surface area contributed by atoms with Crippen LogP contribution >= 0.6 is 0 Å². The molecular weight excluding hydrogens is 271 g/mol. The fourth-order valence-corrected chi connectivity index (χ4v) is 2.27. The monoisotopic (exact) mass is 285 g/mol. The summed E-state index contributed by atoms with van der Waals surface area (Å²) in [7, 11) is 0. The molecule has 1 aliphatic heterocycles. The normalized spacial score (nSPS) is 19.9. The van der Waals surface area contributed by atoms with E-state index in [4.69, 9.17) is 0 Å². The van der Waals surface area contributed by atoms with Gasteiger partial charge in [-0.05, 0) is 18.4 Å². The minimum Gasteiger partial charge on any atom is -0.352 e. The Morgan fingerprint density at radius 2 is 1.80 bits per heavy atom. The van der Waals surface area contributed by atoms with Crippen LogP contribution in [0.2, 0.25) is 0 Å². The largest absolute Gasteiger partial charge is 0.389 e. The summed E-state index contributed by atoms with van der Waals surface area (Å²) >= 11 is 0. The molecular formula is C14H14F3NO2. The third-order valence-electron chi connectivity index (χ3n) is 3.33. The highest BCUT2D eigenvalue weighted by Crippen LogP contribution is 2.27. The van der Waals surface area contributed by atoms with Crippen LogP contribution < -0.4 is 5.32 Å². The quantitative estimate of drug-likeness (QED) is 0.908. The summed E-state index contributed by atoms with van der Waals surface area (Å²) in [5.74, 6) is -1.17. The van der Waals surface area contributed by atoms with Crippen LogP contribution in [0.3, 0.4) is 0 Å². The lowest BCUT2D eigenvalue weighted by Crippen LogP contribution is -2.34. The molecule has 0 aromatic heterocycles. The highest BCUT2D eigenvalue weighted by atomic mass is 19.4. The highest BCUT2D eigenvalue weighted by molar-refractivity contribution is 6.08. The van der Waals surface area contributed by atoms with Gasteiger partial charge in [0.05, 0.1) is 5.56 Å². The smallest absolute Gasteiger partial charge is 0.352 e. The average molecular weight is 285 g/mol. The number of carbonyl (C=O) groups is 2. The topological polar surface area (TPSA) is 46.2 Å². The number of halogens is 3. The molecule has 0 unspecified atom stereocenters. The van der Waals surface area contributed by atoms with Crippen molar-refractivity contribution in [1.29, 1.82) is 0 Å². The van der Waals surface area contributed by atoms with Crippen LogP contribution in [0.25, 0.3) is 0 Å². The van der Waals surface area contributed by atoms with Crippen LogP contribution in [0.4, 0.5) is 13.2 Å². The molecule has 1 aliphatic rings. The van der Waals surface area contributed by atoms with E-state index in [1.54, 1.807) is 18.2 Å². The Bertz CT molecular complexity index is 525. The zero-order valence-electron chi connectivity index (χ0n) is 10.7. The maximum Gasteiger partial charge on any atom is 0.389 e. The maximum atomic E-state index is 12.2.